The first-order valence-electron chi connectivity index (χ1n) is 10.1. The molecule has 0 aliphatic carbocycles. The minimum Gasteiger partial charge on any atom is -0.451 e. The molecule has 0 fully saturated rings. The summed E-state index contributed by atoms with van der Waals surface area (Å²) in [5.41, 5.74) is 2.87. The van der Waals surface area contributed by atoms with Crippen molar-refractivity contribution in [1.29, 1.82) is 0 Å². The lowest BCUT2D eigenvalue weighted by atomic mass is 10.1. The average Bonchev–Trinajstić information content (AvgIpc) is 2.83. The predicted octanol–water partition coefficient (Wildman–Crippen LogP) is 1.17. The molecular weight excluding hydrogens is 502 g/mol. The number of nitrogen functional groups attached to an aromatic ring is 1. The van der Waals surface area contributed by atoms with E-state index in [0.717, 1.165) is 24.6 Å². The number of Topliss-reactive ketones (excluding diaryl/α,β-unsaturated/α-hetero) is 1. The minimum absolute atomic E-state index is 0.274. The number of carbonyl (C=O) groups excluding carboxylic acids is 2. The number of benzene rings is 2. The van der Waals surface area contributed by atoms with Crippen LogP contribution in [0.25, 0.3) is 0 Å². The summed E-state index contributed by atoms with van der Waals surface area (Å²) in [6, 6.07) is 7.12. The zero-order valence-corrected chi connectivity index (χ0v) is 19.9. The van der Waals surface area contributed by atoms with Crippen molar-refractivity contribution in [3.63, 3.8) is 0 Å². The maximum Gasteiger partial charge on any atom is 0.340 e. The molecule has 2 aromatic carbocycles. The number of halogens is 2. The first kappa shape index (κ1) is 26.3. The molecular formula is C22H20F2N4O7S. The number of rotatable bonds is 7. The van der Waals surface area contributed by atoms with E-state index >= 15 is 0 Å². The molecule has 0 radical (unpaired) electrons. The molecule has 0 saturated heterocycles. The summed E-state index contributed by atoms with van der Waals surface area (Å²) in [6.07, 6.45) is -1.55. The van der Waals surface area contributed by atoms with Crippen LogP contribution < -0.4 is 21.7 Å². The number of hydrogen-bond donors (Lipinski definition) is 2. The van der Waals surface area contributed by atoms with Gasteiger partial charge >= 0.3 is 11.7 Å². The number of para-hydroxylation sites is 1. The number of nitrogens with two attached hydrogens (primary N) is 1. The van der Waals surface area contributed by atoms with Gasteiger partial charge < -0.3 is 10.5 Å². The number of sulfonamides is 1. The maximum atomic E-state index is 13.5. The van der Waals surface area contributed by atoms with Gasteiger partial charge in [0.15, 0.2) is 17.7 Å². The van der Waals surface area contributed by atoms with Crippen LogP contribution in [-0.4, -0.2) is 35.4 Å². The average molecular weight is 522 g/mol. The lowest BCUT2D eigenvalue weighted by Crippen LogP contribution is -2.43. The molecule has 190 valence electrons. The third-order valence-electron chi connectivity index (χ3n) is 5.20. The third-order valence-corrected chi connectivity index (χ3v) is 6.57. The highest BCUT2D eigenvalue weighted by molar-refractivity contribution is 7.92. The van der Waals surface area contributed by atoms with Gasteiger partial charge in [0.25, 0.3) is 15.6 Å². The molecule has 1 heterocycles. The Morgan fingerprint density at radius 3 is 2.31 bits per heavy atom. The number of ketones is 1. The Kier molecular flexibility index (Phi) is 7.10. The number of nitrogens with one attached hydrogen (secondary N) is 1. The Morgan fingerprint density at radius 2 is 1.67 bits per heavy atom. The Balaban J connectivity index is 1.89. The van der Waals surface area contributed by atoms with E-state index in [0.29, 0.717) is 16.7 Å². The highest BCUT2D eigenvalue weighted by Crippen LogP contribution is 2.23. The smallest absolute Gasteiger partial charge is 0.340 e. The molecule has 3 N–H and O–H groups in total. The molecule has 3 aromatic rings. The number of hydrogen-bond acceptors (Lipinski definition) is 8. The van der Waals surface area contributed by atoms with Gasteiger partial charge in [0, 0.05) is 14.1 Å². The highest BCUT2D eigenvalue weighted by Gasteiger charge is 2.29. The third kappa shape index (κ3) is 4.88. The van der Waals surface area contributed by atoms with Crippen LogP contribution >= 0.6 is 0 Å². The quantitative estimate of drug-likeness (QED) is 0.346. The first-order valence-corrected chi connectivity index (χ1v) is 11.6. The van der Waals surface area contributed by atoms with Crippen LogP contribution in [0.4, 0.5) is 20.3 Å². The normalized spacial score (nSPS) is 12.1. The second kappa shape index (κ2) is 9.73. The second-order valence-electron chi connectivity index (χ2n) is 7.60. The molecule has 11 nitrogen and oxygen atoms in total. The second-order valence-corrected chi connectivity index (χ2v) is 9.29. The Morgan fingerprint density at radius 1 is 1.03 bits per heavy atom. The summed E-state index contributed by atoms with van der Waals surface area (Å²) < 4.78 is 60.8. The summed E-state index contributed by atoms with van der Waals surface area (Å²) in [5, 5.41) is 0. The summed E-state index contributed by atoms with van der Waals surface area (Å²) in [6.45, 7) is 1.16. The SMILES string of the molecule is C[C@H](OC(=O)c1ccccc1NS(=O)(=O)c1ccc(F)c(F)c1)C(=O)c1c(N)n(C)c(=O)n(C)c1=O. The highest BCUT2D eigenvalue weighted by atomic mass is 32.2. The number of carbonyl (C=O) groups is 2. The lowest BCUT2D eigenvalue weighted by Gasteiger charge is -2.17. The van der Waals surface area contributed by atoms with E-state index in [2.05, 4.69) is 4.72 Å². The van der Waals surface area contributed by atoms with E-state index in [-0.39, 0.29) is 11.3 Å². The number of ether oxygens (including phenoxy) is 1. The Hall–Kier alpha value is -4.33. The van der Waals surface area contributed by atoms with Crippen molar-refractivity contribution in [2.45, 2.75) is 17.9 Å². The number of nitrogens with zero attached hydrogens (tertiary/aromatic N) is 2. The van der Waals surface area contributed by atoms with Crippen molar-refractivity contribution < 1.29 is 31.5 Å². The fourth-order valence-electron chi connectivity index (χ4n) is 3.17. The summed E-state index contributed by atoms with van der Waals surface area (Å²) in [5.74, 6) is -5.18. The Bertz CT molecular complexity index is 1610. The summed E-state index contributed by atoms with van der Waals surface area (Å²) in [7, 11) is -2.05. The van der Waals surface area contributed by atoms with Gasteiger partial charge in [-0.05, 0) is 37.3 Å². The van der Waals surface area contributed by atoms with E-state index < -0.39 is 67.0 Å². The summed E-state index contributed by atoms with van der Waals surface area (Å²) in [4.78, 5) is 49.5. The van der Waals surface area contributed by atoms with Crippen molar-refractivity contribution >= 4 is 33.3 Å². The molecule has 14 heteroatoms. The molecule has 0 aliphatic rings. The van der Waals surface area contributed by atoms with Crippen LogP contribution in [-0.2, 0) is 28.9 Å². The van der Waals surface area contributed by atoms with Crippen molar-refractivity contribution in [3.05, 3.63) is 86.1 Å². The monoisotopic (exact) mass is 522 g/mol. The molecule has 3 rings (SSSR count). The van der Waals surface area contributed by atoms with Gasteiger partial charge in [-0.15, -0.1) is 0 Å². The number of esters is 1. The zero-order chi connectivity index (χ0) is 26.9. The van der Waals surface area contributed by atoms with Gasteiger partial charge in [-0.1, -0.05) is 12.1 Å². The van der Waals surface area contributed by atoms with Gasteiger partial charge in [-0.2, -0.15) is 0 Å². The van der Waals surface area contributed by atoms with Crippen LogP contribution in [0.3, 0.4) is 0 Å². The molecule has 1 atom stereocenters. The molecule has 0 saturated carbocycles. The maximum absolute atomic E-state index is 13.5. The van der Waals surface area contributed by atoms with E-state index in [1.54, 1.807) is 0 Å². The predicted molar refractivity (Wildman–Crippen MR) is 124 cm³/mol. The first-order chi connectivity index (χ1) is 16.8. The number of anilines is 2. The van der Waals surface area contributed by atoms with E-state index in [4.69, 9.17) is 10.5 Å². The van der Waals surface area contributed by atoms with Crippen LogP contribution in [0.5, 0.6) is 0 Å². The summed E-state index contributed by atoms with van der Waals surface area (Å²) >= 11 is 0. The Labute approximate surface area is 202 Å². The van der Waals surface area contributed by atoms with E-state index in [1.807, 2.05) is 0 Å². The molecule has 0 spiro atoms. The fraction of sp³-hybridized carbons (Fsp3) is 0.182. The van der Waals surface area contributed by atoms with Crippen molar-refractivity contribution in [3.8, 4) is 0 Å². The van der Waals surface area contributed by atoms with E-state index in [1.165, 1.54) is 31.3 Å². The number of aromatic nitrogens is 2. The topological polar surface area (TPSA) is 160 Å². The van der Waals surface area contributed by atoms with Gasteiger partial charge in [0.2, 0.25) is 5.78 Å². The molecule has 36 heavy (non-hydrogen) atoms. The van der Waals surface area contributed by atoms with Gasteiger partial charge in [-0.25, -0.2) is 26.8 Å². The fourth-order valence-corrected chi connectivity index (χ4v) is 4.26. The van der Waals surface area contributed by atoms with E-state index in [9.17, 15) is 36.4 Å². The van der Waals surface area contributed by atoms with Crippen molar-refractivity contribution in [1.82, 2.24) is 9.13 Å². The van der Waals surface area contributed by atoms with Gasteiger partial charge in [0.05, 0.1) is 16.1 Å². The molecule has 0 amide bonds. The molecule has 0 aliphatic heterocycles. The minimum atomic E-state index is -4.45. The lowest BCUT2D eigenvalue weighted by molar-refractivity contribution is 0.0319. The van der Waals surface area contributed by atoms with Crippen LogP contribution in [0.2, 0.25) is 0 Å². The molecule has 0 unspecified atom stereocenters. The van der Waals surface area contributed by atoms with Gasteiger partial charge in [0.1, 0.15) is 11.4 Å². The van der Waals surface area contributed by atoms with Crippen LogP contribution in [0.15, 0.2) is 56.9 Å². The van der Waals surface area contributed by atoms with Gasteiger partial charge in [-0.3, -0.25) is 23.4 Å². The van der Waals surface area contributed by atoms with Crippen LogP contribution in [0, 0.1) is 11.6 Å². The standard InChI is InChI=1S/C22H20F2N4O7S/c1-11(18(29)17-19(25)27(2)22(32)28(3)20(17)30)35-21(31)13-6-4-5-7-16(13)26-36(33,34)12-8-9-14(23)15(24)10-12/h4-11,26H,25H2,1-3H3/t11-/m0/s1. The van der Waals surface area contributed by atoms with Crippen LogP contribution in [0.1, 0.15) is 27.6 Å². The zero-order valence-electron chi connectivity index (χ0n) is 19.1. The molecule has 0 bridgehead atoms. The van der Waals surface area contributed by atoms with Crippen molar-refractivity contribution in [2.75, 3.05) is 10.5 Å². The molecule has 1 aromatic heterocycles. The van der Waals surface area contributed by atoms with Crippen molar-refractivity contribution in [2.24, 2.45) is 14.1 Å². The largest absolute Gasteiger partial charge is 0.451 e.